The average Bonchev–Trinajstić information content (AvgIpc) is 3.37. The Hall–Kier alpha value is -2.64. The van der Waals surface area contributed by atoms with Gasteiger partial charge in [-0.1, -0.05) is 30.3 Å². The Balaban J connectivity index is 1.74. The number of benzene rings is 2. The summed E-state index contributed by atoms with van der Waals surface area (Å²) in [6, 6.07) is 17.4. The third-order valence-electron chi connectivity index (χ3n) is 4.92. The second kappa shape index (κ2) is 5.19. The van der Waals surface area contributed by atoms with Crippen LogP contribution in [0.1, 0.15) is 36.6 Å². The number of nitriles is 1. The summed E-state index contributed by atoms with van der Waals surface area (Å²) in [4.78, 5) is 14.9. The number of fused-ring (bicyclic) bond motifs is 3. The number of carbonyl (C=O) groups is 1. The minimum atomic E-state index is -0.405. The minimum Gasteiger partial charge on any atom is -0.362 e. The summed E-state index contributed by atoms with van der Waals surface area (Å²) in [6.45, 7) is 4.09. The molecule has 2 aromatic rings. The number of epoxide rings is 1. The van der Waals surface area contributed by atoms with Crippen LogP contribution < -0.4 is 4.90 Å². The van der Waals surface area contributed by atoms with Gasteiger partial charge in [0.05, 0.1) is 29.3 Å². The number of rotatable bonds is 2. The van der Waals surface area contributed by atoms with E-state index in [-0.39, 0.29) is 18.1 Å². The molecule has 120 valence electrons. The van der Waals surface area contributed by atoms with Crippen molar-refractivity contribution in [3.05, 3.63) is 65.2 Å². The van der Waals surface area contributed by atoms with Crippen LogP contribution in [0, 0.1) is 11.3 Å². The van der Waals surface area contributed by atoms with E-state index in [9.17, 15) is 4.79 Å². The molecule has 1 fully saturated rings. The van der Waals surface area contributed by atoms with Gasteiger partial charge in [0.15, 0.2) is 0 Å². The van der Waals surface area contributed by atoms with Gasteiger partial charge in [0, 0.05) is 5.56 Å². The van der Waals surface area contributed by atoms with Gasteiger partial charge in [-0.2, -0.15) is 5.26 Å². The van der Waals surface area contributed by atoms with Crippen molar-refractivity contribution in [1.82, 2.24) is 0 Å². The van der Waals surface area contributed by atoms with Crippen molar-refractivity contribution >= 4 is 11.6 Å². The summed E-state index contributed by atoms with van der Waals surface area (Å²) in [7, 11) is 0. The van der Waals surface area contributed by atoms with Gasteiger partial charge in [0.1, 0.15) is 12.2 Å². The van der Waals surface area contributed by atoms with Crippen molar-refractivity contribution in [1.29, 1.82) is 5.26 Å². The molecule has 0 bridgehead atoms. The molecule has 1 amide bonds. The third-order valence-corrected chi connectivity index (χ3v) is 4.92. The number of carbonyl (C=O) groups excluding carboxylic acids is 1. The molecule has 0 saturated carbocycles. The largest absolute Gasteiger partial charge is 0.362 e. The standard InChI is InChI=1S/C20H18N2O2/c1-20(2)19-18(24-19)15-10-14(12-21)8-9-16(15)22(20)17(23)11-13-6-4-3-5-7-13/h3-10,18-19H,11H2,1-2H3. The van der Waals surface area contributed by atoms with Gasteiger partial charge in [0.25, 0.3) is 0 Å². The summed E-state index contributed by atoms with van der Waals surface area (Å²) in [5.41, 5.74) is 2.99. The molecule has 0 radical (unpaired) electrons. The lowest BCUT2D eigenvalue weighted by Crippen LogP contribution is -2.54. The highest BCUT2D eigenvalue weighted by atomic mass is 16.6. The molecule has 2 aliphatic rings. The Morgan fingerprint density at radius 2 is 2.00 bits per heavy atom. The summed E-state index contributed by atoms with van der Waals surface area (Å²) < 4.78 is 5.85. The first-order valence-corrected chi connectivity index (χ1v) is 8.09. The summed E-state index contributed by atoms with van der Waals surface area (Å²) in [5.74, 6) is 0.0473. The van der Waals surface area contributed by atoms with Crippen LogP contribution in [0.25, 0.3) is 0 Å². The van der Waals surface area contributed by atoms with Crippen LogP contribution in [0.15, 0.2) is 48.5 Å². The molecule has 4 rings (SSSR count). The van der Waals surface area contributed by atoms with E-state index in [0.29, 0.717) is 12.0 Å². The van der Waals surface area contributed by atoms with Crippen molar-refractivity contribution < 1.29 is 9.53 Å². The fourth-order valence-electron chi connectivity index (χ4n) is 3.68. The van der Waals surface area contributed by atoms with E-state index in [0.717, 1.165) is 16.8 Å². The van der Waals surface area contributed by atoms with Gasteiger partial charge in [-0.05, 0) is 37.6 Å². The van der Waals surface area contributed by atoms with Gasteiger partial charge in [-0.15, -0.1) is 0 Å². The second-order valence-electron chi connectivity index (χ2n) is 6.91. The van der Waals surface area contributed by atoms with Crippen LogP contribution >= 0.6 is 0 Å². The van der Waals surface area contributed by atoms with E-state index in [1.807, 2.05) is 61.2 Å². The lowest BCUT2D eigenvalue weighted by atomic mass is 9.85. The van der Waals surface area contributed by atoms with Crippen LogP contribution in [-0.4, -0.2) is 17.6 Å². The topological polar surface area (TPSA) is 56.6 Å². The maximum absolute atomic E-state index is 13.1. The number of anilines is 1. The molecule has 2 aliphatic heterocycles. The number of hydrogen-bond acceptors (Lipinski definition) is 3. The molecule has 0 aromatic heterocycles. The molecule has 0 aliphatic carbocycles. The second-order valence-corrected chi connectivity index (χ2v) is 6.91. The van der Waals surface area contributed by atoms with Crippen LogP contribution in [0.4, 0.5) is 5.69 Å². The first-order valence-electron chi connectivity index (χ1n) is 8.09. The molecule has 2 heterocycles. The molecular formula is C20H18N2O2. The highest BCUT2D eigenvalue weighted by Crippen LogP contribution is 2.55. The Morgan fingerprint density at radius 1 is 1.25 bits per heavy atom. The highest BCUT2D eigenvalue weighted by Gasteiger charge is 2.59. The van der Waals surface area contributed by atoms with Crippen molar-refractivity contribution in [2.45, 2.75) is 38.0 Å². The first kappa shape index (κ1) is 14.9. The fourth-order valence-corrected chi connectivity index (χ4v) is 3.68. The fraction of sp³-hybridized carbons (Fsp3) is 0.300. The zero-order valence-electron chi connectivity index (χ0n) is 13.7. The predicted octanol–water partition coefficient (Wildman–Crippen LogP) is 3.37. The van der Waals surface area contributed by atoms with Gasteiger partial charge < -0.3 is 9.64 Å². The molecule has 4 nitrogen and oxygen atoms in total. The molecule has 1 saturated heterocycles. The van der Waals surface area contributed by atoms with Crippen molar-refractivity contribution in [3.63, 3.8) is 0 Å². The first-order chi connectivity index (χ1) is 11.5. The van der Waals surface area contributed by atoms with Crippen molar-refractivity contribution in [2.75, 3.05) is 4.90 Å². The number of ether oxygens (including phenoxy) is 1. The molecule has 2 atom stereocenters. The van der Waals surface area contributed by atoms with E-state index < -0.39 is 5.54 Å². The predicted molar refractivity (Wildman–Crippen MR) is 90.5 cm³/mol. The Kier molecular flexibility index (Phi) is 3.22. The van der Waals surface area contributed by atoms with Gasteiger partial charge >= 0.3 is 0 Å². The van der Waals surface area contributed by atoms with E-state index in [2.05, 4.69) is 6.07 Å². The zero-order chi connectivity index (χ0) is 16.9. The normalized spacial score (nSPS) is 23.0. The van der Waals surface area contributed by atoms with Gasteiger partial charge in [-0.25, -0.2) is 0 Å². The molecule has 0 N–H and O–H groups in total. The molecule has 2 unspecified atom stereocenters. The number of amides is 1. The van der Waals surface area contributed by atoms with Crippen molar-refractivity contribution in [2.24, 2.45) is 0 Å². The SMILES string of the molecule is CC1(C)C2OC2c2cc(C#N)ccc2N1C(=O)Cc1ccccc1. The van der Waals surface area contributed by atoms with E-state index in [1.54, 1.807) is 6.07 Å². The van der Waals surface area contributed by atoms with Crippen molar-refractivity contribution in [3.8, 4) is 6.07 Å². The molecular weight excluding hydrogens is 300 g/mol. The van der Waals surface area contributed by atoms with Crippen LogP contribution in [-0.2, 0) is 16.0 Å². The lowest BCUT2D eigenvalue weighted by Gasteiger charge is -2.41. The van der Waals surface area contributed by atoms with Crippen LogP contribution in [0.2, 0.25) is 0 Å². The number of nitrogens with zero attached hydrogens (tertiary/aromatic N) is 2. The smallest absolute Gasteiger partial charge is 0.232 e. The van der Waals surface area contributed by atoms with Gasteiger partial charge in [-0.3, -0.25) is 4.79 Å². The summed E-state index contributed by atoms with van der Waals surface area (Å²) >= 11 is 0. The quantitative estimate of drug-likeness (QED) is 0.798. The minimum absolute atomic E-state index is 0.0101. The zero-order valence-corrected chi connectivity index (χ0v) is 13.7. The van der Waals surface area contributed by atoms with E-state index in [1.165, 1.54) is 0 Å². The monoisotopic (exact) mass is 318 g/mol. The van der Waals surface area contributed by atoms with E-state index in [4.69, 9.17) is 10.00 Å². The lowest BCUT2D eigenvalue weighted by molar-refractivity contribution is -0.119. The molecule has 24 heavy (non-hydrogen) atoms. The third kappa shape index (κ3) is 2.21. The summed E-state index contributed by atoms with van der Waals surface area (Å²) in [5, 5.41) is 9.14. The van der Waals surface area contributed by atoms with Crippen LogP contribution in [0.3, 0.4) is 0 Å². The Morgan fingerprint density at radius 3 is 2.71 bits per heavy atom. The van der Waals surface area contributed by atoms with E-state index >= 15 is 0 Å². The van der Waals surface area contributed by atoms with Gasteiger partial charge in [0.2, 0.25) is 5.91 Å². The average molecular weight is 318 g/mol. The Labute approximate surface area is 141 Å². The Bertz CT molecular complexity index is 852. The van der Waals surface area contributed by atoms with Crippen LogP contribution in [0.5, 0.6) is 0 Å². The highest BCUT2D eigenvalue weighted by molar-refractivity contribution is 5.98. The molecule has 0 spiro atoms. The molecule has 4 heteroatoms. The maximum atomic E-state index is 13.1. The maximum Gasteiger partial charge on any atom is 0.232 e. The summed E-state index contributed by atoms with van der Waals surface area (Å²) in [6.07, 6.45) is 0.323. The molecule has 2 aromatic carbocycles. The number of hydrogen-bond donors (Lipinski definition) is 0.